The fraction of sp³-hybridized carbons (Fsp3) is 0.357. The van der Waals surface area contributed by atoms with E-state index in [1.165, 1.54) is 0 Å². The summed E-state index contributed by atoms with van der Waals surface area (Å²) < 4.78 is 5.42. The molecule has 0 aromatic carbocycles. The van der Waals surface area contributed by atoms with Gasteiger partial charge in [-0.2, -0.15) is 0 Å². The van der Waals surface area contributed by atoms with E-state index < -0.39 is 0 Å². The Morgan fingerprint density at radius 1 is 1.40 bits per heavy atom. The number of anilines is 1. The average molecular weight is 274 g/mol. The van der Waals surface area contributed by atoms with Crippen molar-refractivity contribution in [3.05, 3.63) is 41.4 Å². The predicted octanol–water partition coefficient (Wildman–Crippen LogP) is 2.05. The maximum Gasteiger partial charge on any atom is 0.253 e. The highest BCUT2D eigenvalue weighted by molar-refractivity contribution is 5.99. The molecule has 0 saturated carbocycles. The molecule has 0 spiro atoms. The highest BCUT2D eigenvalue weighted by Gasteiger charge is 2.12. The Morgan fingerprint density at radius 3 is 2.85 bits per heavy atom. The maximum absolute atomic E-state index is 12.2. The molecule has 0 saturated heterocycles. The lowest BCUT2D eigenvalue weighted by Gasteiger charge is -2.09. The van der Waals surface area contributed by atoms with Crippen molar-refractivity contribution < 1.29 is 9.21 Å². The molecule has 2 N–H and O–H groups in total. The van der Waals surface area contributed by atoms with Crippen LogP contribution in [0.4, 0.5) is 5.69 Å². The third-order valence-corrected chi connectivity index (χ3v) is 2.91. The Labute approximate surface area is 117 Å². The number of carbonyl (C=O) groups is 1. The molecule has 0 fully saturated rings. The van der Waals surface area contributed by atoms with Crippen molar-refractivity contribution >= 4 is 11.6 Å². The van der Waals surface area contributed by atoms with Gasteiger partial charge in [0.15, 0.2) is 0 Å². The van der Waals surface area contributed by atoms with E-state index in [9.17, 15) is 4.79 Å². The second kappa shape index (κ2) is 6.18. The largest absolute Gasteiger partial charge is 0.444 e. The Hall–Kier alpha value is -2.37. The van der Waals surface area contributed by atoms with Gasteiger partial charge in [-0.3, -0.25) is 9.78 Å². The summed E-state index contributed by atoms with van der Waals surface area (Å²) in [5.74, 6) is 1.09. The first-order valence-electron chi connectivity index (χ1n) is 6.50. The fourth-order valence-corrected chi connectivity index (χ4v) is 1.79. The molecule has 0 aliphatic carbocycles. The van der Waals surface area contributed by atoms with E-state index in [0.29, 0.717) is 17.1 Å². The van der Waals surface area contributed by atoms with Gasteiger partial charge in [0.2, 0.25) is 5.89 Å². The summed E-state index contributed by atoms with van der Waals surface area (Å²) in [4.78, 5) is 20.4. The van der Waals surface area contributed by atoms with Crippen molar-refractivity contribution in [3.63, 3.8) is 0 Å². The van der Waals surface area contributed by atoms with Crippen LogP contribution in [0.1, 0.15) is 34.6 Å². The summed E-state index contributed by atoms with van der Waals surface area (Å²) in [5, 5.41) is 5.90. The molecule has 106 valence electrons. The standard InChI is InChI=1S/C14H18N4O2/c1-4-16-12-7-15-6-5-11(12)14(19)17-8-13-18-9(2)10(3)20-13/h5-7,16H,4,8H2,1-3H3,(H,17,19). The molecule has 0 atom stereocenters. The zero-order valence-electron chi connectivity index (χ0n) is 11.9. The van der Waals surface area contributed by atoms with E-state index in [-0.39, 0.29) is 12.5 Å². The zero-order chi connectivity index (χ0) is 14.5. The van der Waals surface area contributed by atoms with Gasteiger partial charge in [0.25, 0.3) is 5.91 Å². The molecule has 6 nitrogen and oxygen atoms in total. The average Bonchev–Trinajstić information content (AvgIpc) is 2.76. The topological polar surface area (TPSA) is 80.0 Å². The molecule has 2 rings (SSSR count). The number of pyridine rings is 1. The fourth-order valence-electron chi connectivity index (χ4n) is 1.79. The molecule has 20 heavy (non-hydrogen) atoms. The van der Waals surface area contributed by atoms with Crippen LogP contribution in [0.5, 0.6) is 0 Å². The molecule has 0 bridgehead atoms. The van der Waals surface area contributed by atoms with Crippen molar-refractivity contribution in [2.24, 2.45) is 0 Å². The number of hydrogen-bond acceptors (Lipinski definition) is 5. The third kappa shape index (κ3) is 3.14. The van der Waals surface area contributed by atoms with E-state index in [4.69, 9.17) is 4.42 Å². The van der Waals surface area contributed by atoms with Crippen LogP contribution >= 0.6 is 0 Å². The Balaban J connectivity index is 2.05. The Kier molecular flexibility index (Phi) is 4.34. The summed E-state index contributed by atoms with van der Waals surface area (Å²) >= 11 is 0. The molecule has 1 amide bonds. The van der Waals surface area contributed by atoms with Crippen molar-refractivity contribution in [2.45, 2.75) is 27.3 Å². The minimum absolute atomic E-state index is 0.183. The minimum Gasteiger partial charge on any atom is -0.444 e. The van der Waals surface area contributed by atoms with Crippen molar-refractivity contribution in [3.8, 4) is 0 Å². The van der Waals surface area contributed by atoms with Crippen LogP contribution < -0.4 is 10.6 Å². The van der Waals surface area contributed by atoms with Crippen LogP contribution in [0.2, 0.25) is 0 Å². The van der Waals surface area contributed by atoms with Gasteiger partial charge in [0.05, 0.1) is 29.7 Å². The van der Waals surface area contributed by atoms with Crippen LogP contribution in [-0.4, -0.2) is 22.4 Å². The Bertz CT molecular complexity index is 587. The van der Waals surface area contributed by atoms with E-state index in [1.54, 1.807) is 18.5 Å². The summed E-state index contributed by atoms with van der Waals surface area (Å²) in [5.41, 5.74) is 2.11. The van der Waals surface area contributed by atoms with Crippen LogP contribution in [0, 0.1) is 13.8 Å². The number of nitrogens with zero attached hydrogens (tertiary/aromatic N) is 2. The monoisotopic (exact) mass is 274 g/mol. The molecule has 2 aromatic heterocycles. The smallest absolute Gasteiger partial charge is 0.253 e. The molecular weight excluding hydrogens is 256 g/mol. The lowest BCUT2D eigenvalue weighted by atomic mass is 10.2. The molecule has 0 aliphatic heterocycles. The molecule has 6 heteroatoms. The number of amides is 1. The molecular formula is C14H18N4O2. The minimum atomic E-state index is -0.183. The number of hydrogen-bond donors (Lipinski definition) is 2. The zero-order valence-corrected chi connectivity index (χ0v) is 11.9. The van der Waals surface area contributed by atoms with Crippen molar-refractivity contribution in [2.75, 3.05) is 11.9 Å². The van der Waals surface area contributed by atoms with Crippen molar-refractivity contribution in [1.82, 2.24) is 15.3 Å². The number of carbonyl (C=O) groups excluding carboxylic acids is 1. The van der Waals surface area contributed by atoms with Gasteiger partial charge < -0.3 is 15.1 Å². The lowest BCUT2D eigenvalue weighted by Crippen LogP contribution is -2.24. The van der Waals surface area contributed by atoms with Gasteiger partial charge in [-0.1, -0.05) is 0 Å². The summed E-state index contributed by atoms with van der Waals surface area (Å²) in [6, 6.07) is 1.68. The number of oxazole rings is 1. The van der Waals surface area contributed by atoms with E-state index >= 15 is 0 Å². The van der Waals surface area contributed by atoms with Crippen LogP contribution in [-0.2, 0) is 6.54 Å². The van der Waals surface area contributed by atoms with Gasteiger partial charge in [0.1, 0.15) is 5.76 Å². The van der Waals surface area contributed by atoms with E-state index in [1.807, 2.05) is 20.8 Å². The lowest BCUT2D eigenvalue weighted by molar-refractivity contribution is 0.0948. The second-order valence-electron chi connectivity index (χ2n) is 4.38. The molecule has 0 aliphatic rings. The molecule has 0 radical (unpaired) electrons. The van der Waals surface area contributed by atoms with Gasteiger partial charge >= 0.3 is 0 Å². The third-order valence-electron chi connectivity index (χ3n) is 2.91. The molecule has 2 heterocycles. The van der Waals surface area contributed by atoms with Crippen LogP contribution in [0.3, 0.4) is 0 Å². The van der Waals surface area contributed by atoms with Gasteiger partial charge in [-0.05, 0) is 26.8 Å². The molecule has 0 unspecified atom stereocenters. The molecule has 2 aromatic rings. The first kappa shape index (κ1) is 14.0. The Morgan fingerprint density at radius 2 is 2.20 bits per heavy atom. The summed E-state index contributed by atoms with van der Waals surface area (Å²) in [7, 11) is 0. The first-order valence-corrected chi connectivity index (χ1v) is 6.50. The first-order chi connectivity index (χ1) is 9.61. The highest BCUT2D eigenvalue weighted by atomic mass is 16.4. The number of rotatable bonds is 5. The maximum atomic E-state index is 12.2. The van der Waals surface area contributed by atoms with Gasteiger partial charge in [-0.25, -0.2) is 4.98 Å². The number of nitrogens with one attached hydrogen (secondary N) is 2. The van der Waals surface area contributed by atoms with Crippen LogP contribution in [0.15, 0.2) is 22.9 Å². The normalized spacial score (nSPS) is 10.3. The predicted molar refractivity (Wildman–Crippen MR) is 75.5 cm³/mol. The van der Waals surface area contributed by atoms with E-state index in [0.717, 1.165) is 18.0 Å². The number of aryl methyl sites for hydroxylation is 2. The van der Waals surface area contributed by atoms with E-state index in [2.05, 4.69) is 20.6 Å². The SMILES string of the molecule is CCNc1cnccc1C(=O)NCc1nc(C)c(C)o1. The van der Waals surface area contributed by atoms with Gasteiger partial charge in [0, 0.05) is 12.7 Å². The second-order valence-corrected chi connectivity index (χ2v) is 4.38. The summed E-state index contributed by atoms with van der Waals surface area (Å²) in [6.07, 6.45) is 3.23. The number of aromatic nitrogens is 2. The van der Waals surface area contributed by atoms with Gasteiger partial charge in [-0.15, -0.1) is 0 Å². The quantitative estimate of drug-likeness (QED) is 0.872. The summed E-state index contributed by atoms with van der Waals surface area (Å²) in [6.45, 7) is 6.68. The van der Waals surface area contributed by atoms with Crippen molar-refractivity contribution in [1.29, 1.82) is 0 Å². The van der Waals surface area contributed by atoms with Crippen LogP contribution in [0.25, 0.3) is 0 Å². The highest BCUT2D eigenvalue weighted by Crippen LogP contribution is 2.13.